The summed E-state index contributed by atoms with van der Waals surface area (Å²) in [5, 5.41) is 0. The molecule has 0 amide bonds. The van der Waals surface area contributed by atoms with Crippen molar-refractivity contribution in [2.75, 3.05) is 13.7 Å². The summed E-state index contributed by atoms with van der Waals surface area (Å²) in [5.41, 5.74) is 2.57. The Labute approximate surface area is 115 Å². The van der Waals surface area contributed by atoms with Crippen molar-refractivity contribution in [2.45, 2.75) is 33.6 Å². The molecule has 0 unspecified atom stereocenters. The smallest absolute Gasteiger partial charge is 0.337 e. The van der Waals surface area contributed by atoms with E-state index in [4.69, 9.17) is 9.47 Å². The van der Waals surface area contributed by atoms with Crippen LogP contribution in [0.5, 0.6) is 5.75 Å². The molecule has 3 heteroatoms. The third-order valence-electron chi connectivity index (χ3n) is 3.01. The summed E-state index contributed by atoms with van der Waals surface area (Å²) in [5.74, 6) is 0.488. The van der Waals surface area contributed by atoms with Crippen molar-refractivity contribution in [3.63, 3.8) is 0 Å². The first-order valence-corrected chi connectivity index (χ1v) is 6.62. The second kappa shape index (κ2) is 7.62. The standard InChI is InChI=1S/C16H22O3/c1-5-7-10-19-15-9-8-13(16(17)18-4)11-14(15)12(3)6-2/h6,8-9,11H,5,7,10H2,1-4H3/b12-6-. The largest absolute Gasteiger partial charge is 0.493 e. The molecule has 0 spiro atoms. The van der Waals surface area contributed by atoms with Crippen molar-refractivity contribution in [1.29, 1.82) is 0 Å². The summed E-state index contributed by atoms with van der Waals surface area (Å²) in [6.07, 6.45) is 4.12. The minimum atomic E-state index is -0.328. The number of methoxy groups -OCH3 is 1. The highest BCUT2D eigenvalue weighted by molar-refractivity contribution is 5.91. The number of ether oxygens (including phenoxy) is 2. The van der Waals surface area contributed by atoms with Crippen molar-refractivity contribution >= 4 is 11.5 Å². The molecule has 0 saturated heterocycles. The van der Waals surface area contributed by atoms with E-state index in [1.165, 1.54) is 7.11 Å². The molecule has 0 aliphatic rings. The van der Waals surface area contributed by atoms with Crippen molar-refractivity contribution in [3.05, 3.63) is 35.4 Å². The molecule has 3 nitrogen and oxygen atoms in total. The highest BCUT2D eigenvalue weighted by atomic mass is 16.5. The van der Waals surface area contributed by atoms with Crippen LogP contribution in [0.1, 0.15) is 49.5 Å². The van der Waals surface area contributed by atoms with Crippen molar-refractivity contribution in [2.24, 2.45) is 0 Å². The van der Waals surface area contributed by atoms with E-state index in [0.717, 1.165) is 29.7 Å². The highest BCUT2D eigenvalue weighted by Gasteiger charge is 2.11. The van der Waals surface area contributed by atoms with Crippen LogP contribution in [0.3, 0.4) is 0 Å². The van der Waals surface area contributed by atoms with E-state index in [1.54, 1.807) is 6.07 Å². The number of rotatable bonds is 6. The van der Waals surface area contributed by atoms with Crippen LogP contribution in [0.2, 0.25) is 0 Å². The molecule has 0 bridgehead atoms. The van der Waals surface area contributed by atoms with Crippen LogP contribution < -0.4 is 4.74 Å². The highest BCUT2D eigenvalue weighted by Crippen LogP contribution is 2.27. The summed E-state index contributed by atoms with van der Waals surface area (Å²) >= 11 is 0. The van der Waals surface area contributed by atoms with Gasteiger partial charge in [-0.25, -0.2) is 4.79 Å². The van der Waals surface area contributed by atoms with Gasteiger partial charge in [0.15, 0.2) is 0 Å². The van der Waals surface area contributed by atoms with Gasteiger partial charge in [-0.3, -0.25) is 0 Å². The number of esters is 1. The van der Waals surface area contributed by atoms with Crippen LogP contribution in [-0.2, 0) is 4.74 Å². The molecule has 1 aromatic carbocycles. The summed E-state index contributed by atoms with van der Waals surface area (Å²) < 4.78 is 10.5. The van der Waals surface area contributed by atoms with Gasteiger partial charge in [0.2, 0.25) is 0 Å². The second-order valence-electron chi connectivity index (χ2n) is 4.38. The maximum atomic E-state index is 11.6. The third kappa shape index (κ3) is 4.12. The zero-order valence-corrected chi connectivity index (χ0v) is 12.2. The van der Waals surface area contributed by atoms with Crippen LogP contribution in [0.25, 0.3) is 5.57 Å². The van der Waals surface area contributed by atoms with Gasteiger partial charge in [0.25, 0.3) is 0 Å². The predicted octanol–water partition coefficient (Wildman–Crippen LogP) is 4.08. The number of hydrogen-bond donors (Lipinski definition) is 0. The Morgan fingerprint density at radius 2 is 2.11 bits per heavy atom. The molecule has 1 aromatic rings. The van der Waals surface area contributed by atoms with Gasteiger partial charge in [-0.1, -0.05) is 19.4 Å². The predicted molar refractivity (Wildman–Crippen MR) is 77.5 cm³/mol. The molecule has 0 aromatic heterocycles. The average Bonchev–Trinajstić information content (AvgIpc) is 2.46. The van der Waals surface area contributed by atoms with Gasteiger partial charge < -0.3 is 9.47 Å². The molecule has 0 aliphatic heterocycles. The van der Waals surface area contributed by atoms with E-state index in [-0.39, 0.29) is 5.97 Å². The number of unbranched alkanes of at least 4 members (excludes halogenated alkanes) is 1. The molecule has 0 heterocycles. The van der Waals surface area contributed by atoms with E-state index >= 15 is 0 Å². The van der Waals surface area contributed by atoms with E-state index < -0.39 is 0 Å². The SMILES string of the molecule is C/C=C(/C)c1cc(C(=O)OC)ccc1OCCCC. The maximum absolute atomic E-state index is 11.6. The fraction of sp³-hybridized carbons (Fsp3) is 0.438. The van der Waals surface area contributed by atoms with Gasteiger partial charge in [-0.2, -0.15) is 0 Å². The normalized spacial score (nSPS) is 11.3. The van der Waals surface area contributed by atoms with Crippen LogP contribution in [0.4, 0.5) is 0 Å². The van der Waals surface area contributed by atoms with Crippen molar-refractivity contribution in [1.82, 2.24) is 0 Å². The molecular formula is C16H22O3. The molecular weight excluding hydrogens is 240 g/mol. The summed E-state index contributed by atoms with van der Waals surface area (Å²) in [6.45, 7) is 6.79. The lowest BCUT2D eigenvalue weighted by Gasteiger charge is -2.13. The molecule has 19 heavy (non-hydrogen) atoms. The molecule has 0 radical (unpaired) electrons. The zero-order chi connectivity index (χ0) is 14.3. The van der Waals surface area contributed by atoms with Gasteiger partial charge in [0.1, 0.15) is 5.75 Å². The van der Waals surface area contributed by atoms with Crippen LogP contribution in [0, 0.1) is 0 Å². The Morgan fingerprint density at radius 3 is 2.68 bits per heavy atom. The first kappa shape index (κ1) is 15.3. The van der Waals surface area contributed by atoms with Gasteiger partial charge in [-0.05, 0) is 44.0 Å². The quantitative estimate of drug-likeness (QED) is 0.572. The fourth-order valence-electron chi connectivity index (χ4n) is 1.69. The topological polar surface area (TPSA) is 35.5 Å². The number of hydrogen-bond acceptors (Lipinski definition) is 3. The van der Waals surface area contributed by atoms with E-state index in [1.807, 2.05) is 32.1 Å². The summed E-state index contributed by atoms with van der Waals surface area (Å²) in [4.78, 5) is 11.6. The molecule has 104 valence electrons. The minimum Gasteiger partial charge on any atom is -0.493 e. The van der Waals surface area contributed by atoms with Gasteiger partial charge in [0.05, 0.1) is 19.3 Å². The number of carbonyl (C=O) groups is 1. The molecule has 0 fully saturated rings. The summed E-state index contributed by atoms with van der Waals surface area (Å²) in [6, 6.07) is 5.40. The van der Waals surface area contributed by atoms with Gasteiger partial charge >= 0.3 is 5.97 Å². The number of benzene rings is 1. The molecule has 0 N–H and O–H groups in total. The Balaban J connectivity index is 3.06. The Hall–Kier alpha value is -1.77. The lowest BCUT2D eigenvalue weighted by atomic mass is 10.0. The third-order valence-corrected chi connectivity index (χ3v) is 3.01. The molecule has 0 aliphatic carbocycles. The van der Waals surface area contributed by atoms with Crippen LogP contribution in [0.15, 0.2) is 24.3 Å². The maximum Gasteiger partial charge on any atom is 0.337 e. The van der Waals surface area contributed by atoms with Crippen molar-refractivity contribution < 1.29 is 14.3 Å². The first-order chi connectivity index (χ1) is 9.13. The zero-order valence-electron chi connectivity index (χ0n) is 12.2. The van der Waals surface area contributed by atoms with E-state index in [2.05, 4.69) is 6.92 Å². The number of carbonyl (C=O) groups excluding carboxylic acids is 1. The van der Waals surface area contributed by atoms with Crippen LogP contribution in [-0.4, -0.2) is 19.7 Å². The Bertz CT molecular complexity index is 461. The van der Waals surface area contributed by atoms with Gasteiger partial charge in [0, 0.05) is 5.56 Å². The fourth-order valence-corrected chi connectivity index (χ4v) is 1.69. The minimum absolute atomic E-state index is 0.328. The van der Waals surface area contributed by atoms with E-state index in [9.17, 15) is 4.79 Å². The lowest BCUT2D eigenvalue weighted by molar-refractivity contribution is 0.0600. The first-order valence-electron chi connectivity index (χ1n) is 6.62. The molecule has 0 atom stereocenters. The molecule has 1 rings (SSSR count). The van der Waals surface area contributed by atoms with E-state index in [0.29, 0.717) is 12.2 Å². The Morgan fingerprint density at radius 1 is 1.37 bits per heavy atom. The van der Waals surface area contributed by atoms with Crippen molar-refractivity contribution in [3.8, 4) is 5.75 Å². The lowest BCUT2D eigenvalue weighted by Crippen LogP contribution is -2.04. The van der Waals surface area contributed by atoms with Gasteiger partial charge in [-0.15, -0.1) is 0 Å². The second-order valence-corrected chi connectivity index (χ2v) is 4.38. The summed E-state index contributed by atoms with van der Waals surface area (Å²) in [7, 11) is 1.39. The number of allylic oxidation sites excluding steroid dienone is 2. The average molecular weight is 262 g/mol. The van der Waals surface area contributed by atoms with Crippen LogP contribution >= 0.6 is 0 Å². The Kier molecular flexibility index (Phi) is 6.13. The monoisotopic (exact) mass is 262 g/mol. The molecule has 0 saturated carbocycles.